The van der Waals surface area contributed by atoms with Gasteiger partial charge in [-0.15, -0.1) is 0 Å². The second-order valence-electron chi connectivity index (χ2n) is 5.91. The average molecular weight is 338 g/mol. The fourth-order valence-corrected chi connectivity index (χ4v) is 4.18. The number of piperazine rings is 1. The molecule has 23 heavy (non-hydrogen) atoms. The lowest BCUT2D eigenvalue weighted by atomic mass is 10.3. The second kappa shape index (κ2) is 6.49. The van der Waals surface area contributed by atoms with Gasteiger partial charge in [-0.3, -0.25) is 4.79 Å². The minimum atomic E-state index is -3.51. The van der Waals surface area contributed by atoms with Crippen LogP contribution in [0.2, 0.25) is 0 Å². The van der Waals surface area contributed by atoms with Gasteiger partial charge in [0.05, 0.1) is 11.5 Å². The highest BCUT2D eigenvalue weighted by molar-refractivity contribution is 7.89. The van der Waals surface area contributed by atoms with E-state index in [2.05, 4.69) is 0 Å². The minimum absolute atomic E-state index is 0.183. The zero-order valence-electron chi connectivity index (χ0n) is 13.3. The molecule has 0 spiro atoms. The molecule has 1 aliphatic heterocycles. The smallest absolute Gasteiger partial charge is 0.243 e. The number of sulfonamides is 1. The van der Waals surface area contributed by atoms with E-state index in [4.69, 9.17) is 4.74 Å². The molecule has 1 heterocycles. The van der Waals surface area contributed by atoms with Crippen molar-refractivity contribution in [3.8, 4) is 5.75 Å². The monoisotopic (exact) mass is 338 g/mol. The first-order chi connectivity index (χ1) is 11.0. The maximum absolute atomic E-state index is 12.7. The molecule has 1 saturated heterocycles. The Balaban J connectivity index is 1.65. The van der Waals surface area contributed by atoms with Crippen molar-refractivity contribution in [1.29, 1.82) is 0 Å². The molecule has 0 N–H and O–H groups in total. The zero-order valence-corrected chi connectivity index (χ0v) is 14.1. The highest BCUT2D eigenvalue weighted by Crippen LogP contribution is 2.31. The molecular formula is C16H22N2O4S. The van der Waals surface area contributed by atoms with Gasteiger partial charge in [0.15, 0.2) is 0 Å². The van der Waals surface area contributed by atoms with Crippen molar-refractivity contribution < 1.29 is 17.9 Å². The molecule has 6 nitrogen and oxygen atoms in total. The van der Waals surface area contributed by atoms with E-state index in [-0.39, 0.29) is 16.7 Å². The molecular weight excluding hydrogens is 316 g/mol. The van der Waals surface area contributed by atoms with Gasteiger partial charge >= 0.3 is 0 Å². The molecule has 1 amide bonds. The normalized spacial score (nSPS) is 19.6. The molecule has 2 fully saturated rings. The number of carbonyl (C=O) groups excluding carboxylic acids is 1. The molecule has 1 aliphatic carbocycles. The predicted octanol–water partition coefficient (Wildman–Crippen LogP) is 1.33. The lowest BCUT2D eigenvalue weighted by Crippen LogP contribution is -2.50. The Kier molecular flexibility index (Phi) is 4.59. The third kappa shape index (κ3) is 3.50. The van der Waals surface area contributed by atoms with E-state index in [0.717, 1.165) is 12.8 Å². The van der Waals surface area contributed by atoms with Crippen molar-refractivity contribution in [2.45, 2.75) is 24.7 Å². The molecule has 3 rings (SSSR count). The van der Waals surface area contributed by atoms with Gasteiger partial charge in [-0.25, -0.2) is 8.42 Å². The van der Waals surface area contributed by atoms with Crippen LogP contribution in [0, 0.1) is 5.92 Å². The average Bonchev–Trinajstić information content (AvgIpc) is 3.40. The van der Waals surface area contributed by atoms with Crippen molar-refractivity contribution in [3.63, 3.8) is 0 Å². The van der Waals surface area contributed by atoms with Crippen LogP contribution in [0.3, 0.4) is 0 Å². The van der Waals surface area contributed by atoms with Crippen molar-refractivity contribution in [3.05, 3.63) is 24.3 Å². The molecule has 1 saturated carbocycles. The number of hydrogen-bond acceptors (Lipinski definition) is 4. The SMILES string of the molecule is CCOc1ccc(S(=O)(=O)N2CCN(C(=O)C3CC3)CC2)cc1. The maximum Gasteiger partial charge on any atom is 0.243 e. The summed E-state index contributed by atoms with van der Waals surface area (Å²) in [6, 6.07) is 6.48. The van der Waals surface area contributed by atoms with E-state index in [1.165, 1.54) is 4.31 Å². The van der Waals surface area contributed by atoms with Gasteiger partial charge in [-0.2, -0.15) is 4.31 Å². The number of rotatable bonds is 5. The summed E-state index contributed by atoms with van der Waals surface area (Å²) >= 11 is 0. The minimum Gasteiger partial charge on any atom is -0.494 e. The summed E-state index contributed by atoms with van der Waals surface area (Å²) in [4.78, 5) is 14.1. The fraction of sp³-hybridized carbons (Fsp3) is 0.562. The van der Waals surface area contributed by atoms with E-state index in [9.17, 15) is 13.2 Å². The Bertz CT molecular complexity index is 660. The third-order valence-corrected chi connectivity index (χ3v) is 6.16. The predicted molar refractivity (Wildman–Crippen MR) is 85.7 cm³/mol. The van der Waals surface area contributed by atoms with Crippen molar-refractivity contribution in [2.24, 2.45) is 5.92 Å². The first-order valence-electron chi connectivity index (χ1n) is 8.04. The van der Waals surface area contributed by atoms with E-state index < -0.39 is 10.0 Å². The van der Waals surface area contributed by atoms with Gasteiger partial charge in [-0.1, -0.05) is 0 Å². The topological polar surface area (TPSA) is 66.9 Å². The molecule has 0 aromatic heterocycles. The summed E-state index contributed by atoms with van der Waals surface area (Å²) in [5.74, 6) is 1.03. The Labute approximate surface area is 137 Å². The van der Waals surface area contributed by atoms with Gasteiger partial charge in [0.25, 0.3) is 0 Å². The maximum atomic E-state index is 12.7. The second-order valence-corrected chi connectivity index (χ2v) is 7.85. The molecule has 0 atom stereocenters. The number of carbonyl (C=O) groups is 1. The Morgan fingerprint density at radius 2 is 1.74 bits per heavy atom. The quantitative estimate of drug-likeness (QED) is 0.812. The van der Waals surface area contributed by atoms with Crippen LogP contribution in [0.4, 0.5) is 0 Å². The van der Waals surface area contributed by atoms with Gasteiger partial charge < -0.3 is 9.64 Å². The Hall–Kier alpha value is -1.60. The number of nitrogens with zero attached hydrogens (tertiary/aromatic N) is 2. The molecule has 1 aromatic carbocycles. The van der Waals surface area contributed by atoms with E-state index >= 15 is 0 Å². The van der Waals surface area contributed by atoms with Gasteiger partial charge in [0.2, 0.25) is 15.9 Å². The highest BCUT2D eigenvalue weighted by Gasteiger charge is 2.36. The van der Waals surface area contributed by atoms with Crippen molar-refractivity contribution in [1.82, 2.24) is 9.21 Å². The van der Waals surface area contributed by atoms with E-state index in [0.29, 0.717) is 38.5 Å². The molecule has 0 unspecified atom stereocenters. The van der Waals surface area contributed by atoms with E-state index in [1.807, 2.05) is 6.92 Å². The van der Waals surface area contributed by atoms with Crippen LogP contribution in [0.5, 0.6) is 5.75 Å². The Morgan fingerprint density at radius 3 is 2.26 bits per heavy atom. The molecule has 1 aromatic rings. The van der Waals surface area contributed by atoms with Crippen LogP contribution >= 0.6 is 0 Å². The van der Waals surface area contributed by atoms with Crippen LogP contribution in [-0.2, 0) is 14.8 Å². The first-order valence-corrected chi connectivity index (χ1v) is 9.48. The summed E-state index contributed by atoms with van der Waals surface area (Å²) in [5, 5.41) is 0. The summed E-state index contributed by atoms with van der Waals surface area (Å²) in [6.45, 7) is 4.09. The fourth-order valence-electron chi connectivity index (χ4n) is 2.76. The molecule has 0 bridgehead atoms. The van der Waals surface area contributed by atoms with Crippen LogP contribution in [0.15, 0.2) is 29.2 Å². The number of amides is 1. The van der Waals surface area contributed by atoms with E-state index in [1.54, 1.807) is 29.2 Å². The highest BCUT2D eigenvalue weighted by atomic mass is 32.2. The molecule has 2 aliphatic rings. The Morgan fingerprint density at radius 1 is 1.13 bits per heavy atom. The van der Waals surface area contributed by atoms with Gasteiger partial charge in [0.1, 0.15) is 5.75 Å². The van der Waals surface area contributed by atoms with Crippen molar-refractivity contribution >= 4 is 15.9 Å². The molecule has 7 heteroatoms. The van der Waals surface area contributed by atoms with Gasteiger partial charge in [-0.05, 0) is 44.0 Å². The summed E-state index contributed by atoms with van der Waals surface area (Å²) < 4.78 is 32.1. The standard InChI is InChI=1S/C16H22N2O4S/c1-2-22-14-5-7-15(8-6-14)23(20,21)18-11-9-17(10-12-18)16(19)13-3-4-13/h5-8,13H,2-4,9-12H2,1H3. The van der Waals surface area contributed by atoms with Crippen molar-refractivity contribution in [2.75, 3.05) is 32.8 Å². The summed E-state index contributed by atoms with van der Waals surface area (Å²) in [7, 11) is -3.51. The molecule has 0 radical (unpaired) electrons. The van der Waals surface area contributed by atoms with Crippen LogP contribution in [0.25, 0.3) is 0 Å². The lowest BCUT2D eigenvalue weighted by Gasteiger charge is -2.34. The first kappa shape index (κ1) is 16.3. The van der Waals surface area contributed by atoms with Crippen LogP contribution in [-0.4, -0.2) is 56.3 Å². The van der Waals surface area contributed by atoms with Crippen LogP contribution in [0.1, 0.15) is 19.8 Å². The lowest BCUT2D eigenvalue weighted by molar-refractivity contribution is -0.133. The third-order valence-electron chi connectivity index (χ3n) is 4.25. The largest absolute Gasteiger partial charge is 0.494 e. The zero-order chi connectivity index (χ0) is 16.4. The number of hydrogen-bond donors (Lipinski definition) is 0. The van der Waals surface area contributed by atoms with Crippen LogP contribution < -0.4 is 4.74 Å². The van der Waals surface area contributed by atoms with Gasteiger partial charge in [0, 0.05) is 32.1 Å². The summed E-state index contributed by atoms with van der Waals surface area (Å²) in [5.41, 5.74) is 0. The summed E-state index contributed by atoms with van der Waals surface area (Å²) in [6.07, 6.45) is 1.95. The number of ether oxygens (including phenoxy) is 1. The molecule has 126 valence electrons. The number of benzene rings is 1.